The predicted octanol–water partition coefficient (Wildman–Crippen LogP) is 3.56. The largest absolute Gasteiger partial charge is 0.393 e. The zero-order valence-electron chi connectivity index (χ0n) is 18.7. The van der Waals surface area contributed by atoms with Crippen molar-refractivity contribution in [1.82, 2.24) is 0 Å². The monoisotopic (exact) mass is 400 g/mol. The summed E-state index contributed by atoms with van der Waals surface area (Å²) in [5, 5.41) is 10.2. The van der Waals surface area contributed by atoms with Crippen LogP contribution in [0, 0.1) is 34.5 Å². The topological polar surface area (TPSA) is 41.7 Å². The van der Waals surface area contributed by atoms with Gasteiger partial charge in [0.05, 0.1) is 19.2 Å². The first-order valence-corrected chi connectivity index (χ1v) is 12.7. The van der Waals surface area contributed by atoms with E-state index in [-0.39, 0.29) is 11.5 Å². The van der Waals surface area contributed by atoms with E-state index in [1.807, 2.05) is 0 Å². The molecule has 0 amide bonds. The minimum atomic E-state index is -0.120. The maximum Gasteiger partial charge on any atom is 0.190 e. The van der Waals surface area contributed by atoms with Gasteiger partial charge in [0.15, 0.2) is 5.78 Å². The first kappa shape index (κ1) is 20.2. The lowest BCUT2D eigenvalue weighted by Crippen LogP contribution is -3.13. The second-order valence-electron chi connectivity index (χ2n) is 11.8. The van der Waals surface area contributed by atoms with Crippen molar-refractivity contribution in [3.8, 4) is 0 Å². The zero-order chi connectivity index (χ0) is 20.2. The molecule has 0 aromatic heterocycles. The Hall–Kier alpha value is -0.670. The Morgan fingerprint density at radius 3 is 2.66 bits per heavy atom. The molecule has 29 heavy (non-hydrogen) atoms. The number of nitrogens with one attached hydrogen (secondary N) is 1. The average molecular weight is 401 g/mol. The summed E-state index contributed by atoms with van der Waals surface area (Å²) in [6.07, 6.45) is 15.5. The van der Waals surface area contributed by atoms with E-state index in [9.17, 15) is 9.90 Å². The molecule has 5 aliphatic rings. The van der Waals surface area contributed by atoms with E-state index < -0.39 is 0 Å². The van der Waals surface area contributed by atoms with Crippen LogP contribution < -0.4 is 4.90 Å². The van der Waals surface area contributed by atoms with Gasteiger partial charge in [-0.25, -0.2) is 0 Å². The number of likely N-dealkylation sites (tertiary alicyclic amines) is 1. The predicted molar refractivity (Wildman–Crippen MR) is 116 cm³/mol. The lowest BCUT2D eigenvalue weighted by molar-refractivity contribution is -0.896. The van der Waals surface area contributed by atoms with Crippen LogP contribution in [0.2, 0.25) is 0 Å². The fourth-order valence-corrected chi connectivity index (χ4v) is 8.77. The smallest absolute Gasteiger partial charge is 0.190 e. The van der Waals surface area contributed by atoms with Crippen LogP contribution in [0.3, 0.4) is 0 Å². The van der Waals surface area contributed by atoms with Crippen LogP contribution >= 0.6 is 0 Å². The van der Waals surface area contributed by atoms with E-state index >= 15 is 0 Å². The number of hydrogen-bond acceptors (Lipinski definition) is 2. The van der Waals surface area contributed by atoms with E-state index in [0.29, 0.717) is 17.1 Å². The Morgan fingerprint density at radius 1 is 1.07 bits per heavy atom. The van der Waals surface area contributed by atoms with Crippen LogP contribution in [0.1, 0.15) is 84.5 Å². The van der Waals surface area contributed by atoms with Gasteiger partial charge in [-0.2, -0.15) is 0 Å². The molecule has 1 saturated heterocycles. The first-order valence-electron chi connectivity index (χ1n) is 12.7. The van der Waals surface area contributed by atoms with Gasteiger partial charge in [0, 0.05) is 5.92 Å². The number of rotatable bonds is 3. The molecule has 4 aliphatic carbocycles. The summed E-state index contributed by atoms with van der Waals surface area (Å²) in [6, 6.07) is 0. The summed E-state index contributed by atoms with van der Waals surface area (Å²) in [4.78, 5) is 15.0. The molecule has 0 aromatic rings. The van der Waals surface area contributed by atoms with Crippen LogP contribution in [-0.2, 0) is 4.79 Å². The third-order valence-electron chi connectivity index (χ3n) is 10.5. The summed E-state index contributed by atoms with van der Waals surface area (Å²) in [6.45, 7) is 8.20. The number of aliphatic hydroxyl groups excluding tert-OH is 1. The third kappa shape index (κ3) is 3.26. The highest BCUT2D eigenvalue weighted by Gasteiger charge is 2.59. The van der Waals surface area contributed by atoms with Crippen molar-refractivity contribution in [2.75, 3.05) is 19.6 Å². The van der Waals surface area contributed by atoms with Crippen molar-refractivity contribution in [3.05, 3.63) is 11.6 Å². The Bertz CT molecular complexity index is 680. The van der Waals surface area contributed by atoms with Gasteiger partial charge in [0.1, 0.15) is 6.54 Å². The van der Waals surface area contributed by atoms with Gasteiger partial charge >= 0.3 is 0 Å². The van der Waals surface area contributed by atoms with Crippen LogP contribution in [-0.4, -0.2) is 36.6 Å². The minimum Gasteiger partial charge on any atom is -0.393 e. The molecule has 7 atom stereocenters. The van der Waals surface area contributed by atoms with Gasteiger partial charge in [-0.3, -0.25) is 4.79 Å². The third-order valence-corrected chi connectivity index (χ3v) is 10.5. The van der Waals surface area contributed by atoms with Crippen LogP contribution in [0.25, 0.3) is 0 Å². The highest BCUT2D eigenvalue weighted by Crippen LogP contribution is 2.66. The number of fused-ring (bicyclic) bond motifs is 5. The highest BCUT2D eigenvalue weighted by molar-refractivity contribution is 5.83. The van der Waals surface area contributed by atoms with Gasteiger partial charge < -0.3 is 10.0 Å². The molecular formula is C26H42NO2+. The lowest BCUT2D eigenvalue weighted by Gasteiger charge is -2.57. The molecule has 0 bridgehead atoms. The Morgan fingerprint density at radius 2 is 1.86 bits per heavy atom. The summed E-state index contributed by atoms with van der Waals surface area (Å²) in [7, 11) is 0. The Labute approximate surface area is 177 Å². The van der Waals surface area contributed by atoms with Crippen molar-refractivity contribution >= 4 is 5.78 Å². The van der Waals surface area contributed by atoms with E-state index in [1.165, 1.54) is 58.0 Å². The minimum absolute atomic E-state index is 0.120. The van der Waals surface area contributed by atoms with Crippen LogP contribution in [0.4, 0.5) is 0 Å². The first-order chi connectivity index (χ1) is 13.9. The van der Waals surface area contributed by atoms with Gasteiger partial charge in [-0.05, 0) is 99.2 Å². The van der Waals surface area contributed by atoms with E-state index in [0.717, 1.165) is 50.0 Å². The van der Waals surface area contributed by atoms with Gasteiger partial charge in [-0.15, -0.1) is 0 Å². The second kappa shape index (κ2) is 7.48. The number of ketones is 1. The molecule has 0 aromatic carbocycles. The standard InChI is InChI=1S/C26H41NO2/c1-25-12-10-19(28)16-18(25)6-7-20-21-8-9-23(26(21,2)13-11-22(20)25)24(29)17-27-14-4-3-5-15-27/h6,19-23,28H,3-5,7-17H2,1-2H3/p+1/t19-,20-,21-,22-,23+,25-,26-/m0/s1. The lowest BCUT2D eigenvalue weighted by atomic mass is 9.47. The Kier molecular flexibility index (Phi) is 5.22. The number of allylic oxidation sites excluding steroid dienone is 1. The molecule has 5 rings (SSSR count). The van der Waals surface area contributed by atoms with E-state index in [1.54, 1.807) is 10.5 Å². The molecule has 3 saturated carbocycles. The normalized spacial score (nSPS) is 47.7. The van der Waals surface area contributed by atoms with Gasteiger partial charge in [0.25, 0.3) is 0 Å². The molecule has 162 valence electrons. The van der Waals surface area contributed by atoms with Crippen molar-refractivity contribution in [3.63, 3.8) is 0 Å². The number of Topliss-reactive ketones (excluding diaryl/α,β-unsaturated/α-hetero) is 1. The van der Waals surface area contributed by atoms with Crippen molar-refractivity contribution in [2.24, 2.45) is 34.5 Å². The number of hydrogen-bond donors (Lipinski definition) is 2. The zero-order valence-corrected chi connectivity index (χ0v) is 18.7. The van der Waals surface area contributed by atoms with Crippen molar-refractivity contribution in [1.29, 1.82) is 0 Å². The van der Waals surface area contributed by atoms with E-state index in [4.69, 9.17) is 0 Å². The molecule has 4 fully saturated rings. The van der Waals surface area contributed by atoms with Crippen molar-refractivity contribution in [2.45, 2.75) is 90.6 Å². The second-order valence-corrected chi connectivity index (χ2v) is 11.8. The number of carbonyl (C=O) groups excluding carboxylic acids is 1. The van der Waals surface area contributed by atoms with Gasteiger partial charge in [-0.1, -0.05) is 25.5 Å². The number of piperidine rings is 1. The summed E-state index contributed by atoms with van der Waals surface area (Å²) >= 11 is 0. The number of aliphatic hydroxyl groups is 1. The summed E-state index contributed by atoms with van der Waals surface area (Å²) in [5.41, 5.74) is 2.10. The molecule has 0 unspecified atom stereocenters. The fraction of sp³-hybridized carbons (Fsp3) is 0.885. The van der Waals surface area contributed by atoms with Crippen molar-refractivity contribution < 1.29 is 14.8 Å². The van der Waals surface area contributed by atoms with E-state index in [2.05, 4.69) is 19.9 Å². The SMILES string of the molecule is C[C@]12CC[C@H]3[C@@H](CC=C4C[C@@H](O)CC[C@@]43C)[C@@H]1CC[C@@H]2C(=O)C[NH+]1CCCCC1. The molecule has 3 nitrogen and oxygen atoms in total. The molecule has 0 spiro atoms. The summed E-state index contributed by atoms with van der Waals surface area (Å²) in [5.74, 6) is 3.17. The molecule has 1 aliphatic heterocycles. The quantitative estimate of drug-likeness (QED) is 0.711. The molecular weight excluding hydrogens is 358 g/mol. The molecule has 2 N–H and O–H groups in total. The average Bonchev–Trinajstić information content (AvgIpc) is 3.06. The Balaban J connectivity index is 1.33. The number of carbonyl (C=O) groups is 1. The molecule has 3 heteroatoms. The summed E-state index contributed by atoms with van der Waals surface area (Å²) < 4.78 is 0. The van der Waals surface area contributed by atoms with Crippen LogP contribution in [0.5, 0.6) is 0 Å². The highest BCUT2D eigenvalue weighted by atomic mass is 16.3. The number of quaternary nitrogens is 1. The molecule has 0 radical (unpaired) electrons. The molecule has 1 heterocycles. The maximum atomic E-state index is 13.4. The maximum absolute atomic E-state index is 13.4. The fourth-order valence-electron chi connectivity index (χ4n) is 8.77. The van der Waals surface area contributed by atoms with Crippen LogP contribution in [0.15, 0.2) is 11.6 Å². The van der Waals surface area contributed by atoms with Gasteiger partial charge in [0.2, 0.25) is 0 Å².